The minimum atomic E-state index is -0.0523. The number of aromatic nitrogens is 2. The number of hydrogen-bond donors (Lipinski definition) is 1. The summed E-state index contributed by atoms with van der Waals surface area (Å²) in [7, 11) is 0. The van der Waals surface area contributed by atoms with Crippen LogP contribution in [-0.4, -0.2) is 59.7 Å². The van der Waals surface area contributed by atoms with E-state index in [1.807, 2.05) is 65.3 Å². The van der Waals surface area contributed by atoms with E-state index in [0.29, 0.717) is 19.0 Å². The van der Waals surface area contributed by atoms with Gasteiger partial charge in [-0.1, -0.05) is 29.8 Å². The number of rotatable bonds is 7. The Morgan fingerprint density at radius 1 is 1.00 bits per heavy atom. The Morgan fingerprint density at radius 3 is 2.39 bits per heavy atom. The van der Waals surface area contributed by atoms with Crippen LogP contribution in [0.1, 0.15) is 29.9 Å². The molecule has 0 spiro atoms. The molecule has 3 heterocycles. The van der Waals surface area contributed by atoms with Crippen molar-refractivity contribution in [3.05, 3.63) is 78.0 Å². The van der Waals surface area contributed by atoms with Crippen molar-refractivity contribution in [1.29, 1.82) is 0 Å². The lowest BCUT2D eigenvalue weighted by molar-refractivity contribution is -0.134. The fourth-order valence-electron chi connectivity index (χ4n) is 4.71. The summed E-state index contributed by atoms with van der Waals surface area (Å²) < 4.78 is 5.66. The van der Waals surface area contributed by atoms with Crippen LogP contribution in [0.5, 0.6) is 5.75 Å². The normalized spacial score (nSPS) is 16.4. The molecule has 2 amide bonds. The first-order valence-electron chi connectivity index (χ1n) is 12.5. The molecule has 1 aromatic heterocycles. The third kappa shape index (κ3) is 5.64. The molecule has 186 valence electrons. The van der Waals surface area contributed by atoms with E-state index in [1.54, 1.807) is 6.20 Å². The molecule has 2 aliphatic heterocycles. The van der Waals surface area contributed by atoms with Gasteiger partial charge in [0, 0.05) is 38.1 Å². The monoisotopic (exact) mass is 485 g/mol. The SMILES string of the molecule is Cc1ccc(OCC(=O)N2CCC(c3ccc(NC(=O)C4CN(c5cccnn5)C4)cc3)CC2)cc1. The van der Waals surface area contributed by atoms with Crippen LogP contribution in [0.4, 0.5) is 11.5 Å². The Morgan fingerprint density at radius 2 is 1.72 bits per heavy atom. The summed E-state index contributed by atoms with van der Waals surface area (Å²) in [6, 6.07) is 19.6. The van der Waals surface area contributed by atoms with Crippen LogP contribution in [-0.2, 0) is 9.59 Å². The Kier molecular flexibility index (Phi) is 7.11. The molecule has 5 rings (SSSR count). The maximum absolute atomic E-state index is 12.6. The number of carbonyl (C=O) groups is 2. The van der Waals surface area contributed by atoms with E-state index in [4.69, 9.17) is 4.74 Å². The number of nitrogens with one attached hydrogen (secondary N) is 1. The molecule has 0 radical (unpaired) electrons. The molecule has 8 heteroatoms. The number of aryl methyl sites for hydroxylation is 1. The summed E-state index contributed by atoms with van der Waals surface area (Å²) >= 11 is 0. The van der Waals surface area contributed by atoms with E-state index in [2.05, 4.69) is 27.6 Å². The highest BCUT2D eigenvalue weighted by atomic mass is 16.5. The zero-order valence-electron chi connectivity index (χ0n) is 20.5. The summed E-state index contributed by atoms with van der Waals surface area (Å²) in [5.74, 6) is 1.93. The first kappa shape index (κ1) is 23.8. The van der Waals surface area contributed by atoms with E-state index >= 15 is 0 Å². The van der Waals surface area contributed by atoms with Crippen molar-refractivity contribution in [1.82, 2.24) is 15.1 Å². The molecule has 2 aromatic carbocycles. The van der Waals surface area contributed by atoms with Gasteiger partial charge in [0.05, 0.1) is 5.92 Å². The van der Waals surface area contributed by atoms with Crippen LogP contribution in [0.15, 0.2) is 66.9 Å². The standard InChI is InChI=1S/C28H31N5O3/c1-20-4-10-25(11-5-20)36-19-27(34)32-15-12-22(13-16-32)21-6-8-24(9-7-21)30-28(35)23-17-33(18-23)26-3-2-14-29-31-26/h2-11,14,22-23H,12-13,15-19H2,1H3,(H,30,35). The molecule has 0 unspecified atom stereocenters. The van der Waals surface area contributed by atoms with Gasteiger partial charge in [-0.2, -0.15) is 5.10 Å². The third-order valence-electron chi connectivity index (χ3n) is 7.02. The zero-order chi connectivity index (χ0) is 24.9. The number of piperidine rings is 1. The maximum Gasteiger partial charge on any atom is 0.260 e. The van der Waals surface area contributed by atoms with Crippen LogP contribution < -0.4 is 15.0 Å². The van der Waals surface area contributed by atoms with Gasteiger partial charge < -0.3 is 19.9 Å². The van der Waals surface area contributed by atoms with Crippen molar-refractivity contribution in [3.8, 4) is 5.75 Å². The molecule has 0 atom stereocenters. The molecule has 3 aromatic rings. The molecule has 0 aliphatic carbocycles. The number of hydrogen-bond acceptors (Lipinski definition) is 6. The van der Waals surface area contributed by atoms with E-state index in [-0.39, 0.29) is 24.3 Å². The van der Waals surface area contributed by atoms with Crippen molar-refractivity contribution in [2.24, 2.45) is 5.92 Å². The number of likely N-dealkylation sites (tertiary alicyclic amines) is 1. The molecule has 0 bridgehead atoms. The molecular weight excluding hydrogens is 454 g/mol. The maximum atomic E-state index is 12.6. The van der Waals surface area contributed by atoms with Crippen molar-refractivity contribution >= 4 is 23.3 Å². The lowest BCUT2D eigenvalue weighted by Crippen LogP contribution is -2.52. The minimum absolute atomic E-state index is 0.0287. The van der Waals surface area contributed by atoms with Crippen molar-refractivity contribution < 1.29 is 14.3 Å². The van der Waals surface area contributed by atoms with Gasteiger partial charge in [-0.15, -0.1) is 5.10 Å². The van der Waals surface area contributed by atoms with E-state index < -0.39 is 0 Å². The number of benzene rings is 2. The Bertz CT molecular complexity index is 1170. The zero-order valence-corrected chi connectivity index (χ0v) is 20.5. The van der Waals surface area contributed by atoms with Gasteiger partial charge in [0.25, 0.3) is 5.91 Å². The van der Waals surface area contributed by atoms with Gasteiger partial charge >= 0.3 is 0 Å². The van der Waals surface area contributed by atoms with Gasteiger partial charge in [-0.05, 0) is 67.6 Å². The van der Waals surface area contributed by atoms with Gasteiger partial charge in [0.15, 0.2) is 12.4 Å². The van der Waals surface area contributed by atoms with E-state index in [0.717, 1.165) is 48.7 Å². The van der Waals surface area contributed by atoms with E-state index in [9.17, 15) is 9.59 Å². The molecule has 8 nitrogen and oxygen atoms in total. The number of anilines is 2. The van der Waals surface area contributed by atoms with Crippen LogP contribution in [0.3, 0.4) is 0 Å². The third-order valence-corrected chi connectivity index (χ3v) is 7.02. The summed E-state index contributed by atoms with van der Waals surface area (Å²) in [5, 5.41) is 11.0. The van der Waals surface area contributed by atoms with Gasteiger partial charge in [-0.25, -0.2) is 0 Å². The van der Waals surface area contributed by atoms with Crippen molar-refractivity contribution in [2.45, 2.75) is 25.7 Å². The lowest BCUT2D eigenvalue weighted by atomic mass is 9.89. The smallest absolute Gasteiger partial charge is 0.260 e. The van der Waals surface area contributed by atoms with Crippen LogP contribution in [0, 0.1) is 12.8 Å². The summed E-state index contributed by atoms with van der Waals surface area (Å²) in [6.07, 6.45) is 3.48. The highest BCUT2D eigenvalue weighted by molar-refractivity contribution is 5.94. The number of ether oxygens (including phenoxy) is 1. The second kappa shape index (κ2) is 10.8. The van der Waals surface area contributed by atoms with Gasteiger partial charge in [0.2, 0.25) is 5.91 Å². The average Bonchev–Trinajstić information content (AvgIpc) is 2.88. The quantitative estimate of drug-likeness (QED) is 0.550. The predicted molar refractivity (Wildman–Crippen MR) is 138 cm³/mol. The van der Waals surface area contributed by atoms with E-state index in [1.165, 1.54) is 5.56 Å². The molecule has 2 fully saturated rings. The summed E-state index contributed by atoms with van der Waals surface area (Å²) in [4.78, 5) is 29.1. The van der Waals surface area contributed by atoms with Crippen LogP contribution in [0.2, 0.25) is 0 Å². The topological polar surface area (TPSA) is 87.7 Å². The molecule has 2 aliphatic rings. The number of carbonyl (C=O) groups excluding carboxylic acids is 2. The molecule has 36 heavy (non-hydrogen) atoms. The Balaban J connectivity index is 1.05. The highest BCUT2D eigenvalue weighted by Gasteiger charge is 2.33. The largest absolute Gasteiger partial charge is 0.484 e. The Hall–Kier alpha value is -3.94. The lowest BCUT2D eigenvalue weighted by Gasteiger charge is -2.38. The van der Waals surface area contributed by atoms with Crippen LogP contribution in [0.25, 0.3) is 0 Å². The predicted octanol–water partition coefficient (Wildman–Crippen LogP) is 3.64. The molecule has 0 saturated carbocycles. The van der Waals surface area contributed by atoms with Crippen molar-refractivity contribution in [3.63, 3.8) is 0 Å². The molecule has 2 saturated heterocycles. The first-order chi connectivity index (χ1) is 17.5. The number of amides is 2. The number of nitrogens with zero attached hydrogens (tertiary/aromatic N) is 4. The second-order valence-corrected chi connectivity index (χ2v) is 9.55. The fraction of sp³-hybridized carbons (Fsp3) is 0.357. The minimum Gasteiger partial charge on any atom is -0.484 e. The Labute approximate surface area is 211 Å². The molecule has 1 N–H and O–H groups in total. The van der Waals surface area contributed by atoms with Gasteiger partial charge in [0.1, 0.15) is 5.75 Å². The van der Waals surface area contributed by atoms with Crippen LogP contribution >= 0.6 is 0 Å². The summed E-state index contributed by atoms with van der Waals surface area (Å²) in [6.45, 7) is 4.84. The second-order valence-electron chi connectivity index (χ2n) is 9.55. The average molecular weight is 486 g/mol. The first-order valence-corrected chi connectivity index (χ1v) is 12.5. The molecular formula is C28H31N5O3. The van der Waals surface area contributed by atoms with Crippen molar-refractivity contribution in [2.75, 3.05) is 43.0 Å². The highest BCUT2D eigenvalue weighted by Crippen LogP contribution is 2.29. The fourth-order valence-corrected chi connectivity index (χ4v) is 4.71. The van der Waals surface area contributed by atoms with Gasteiger partial charge in [-0.3, -0.25) is 9.59 Å². The summed E-state index contributed by atoms with van der Waals surface area (Å²) in [5.41, 5.74) is 3.21.